The predicted molar refractivity (Wildman–Crippen MR) is 77.6 cm³/mol. The minimum absolute atomic E-state index is 0. The average molecular weight is 409 g/mol. The summed E-state index contributed by atoms with van der Waals surface area (Å²) in [5.74, 6) is 0. The molecule has 0 saturated carbocycles. The van der Waals surface area contributed by atoms with E-state index >= 15 is 0 Å². The van der Waals surface area contributed by atoms with Gasteiger partial charge in [-0.15, -0.1) is 0 Å². The van der Waals surface area contributed by atoms with Crippen LogP contribution in [0.5, 0.6) is 0 Å². The molecule has 0 spiro atoms. The minimum Gasteiger partial charge on any atom is -1.00 e. The Morgan fingerprint density at radius 1 is 0.957 bits per heavy atom. The van der Waals surface area contributed by atoms with Gasteiger partial charge in [0.25, 0.3) is 5.08 Å². The van der Waals surface area contributed by atoms with Crippen LogP contribution >= 0.6 is 15.2 Å². The number of hydrogen-bond acceptors (Lipinski definition) is 4. The molecule has 0 saturated heterocycles. The fraction of sp³-hybridized carbons (Fsp3) is 1.00. The molecule has 14 heteroatoms. The largest absolute Gasteiger partial charge is 1.00 e. The molecule has 0 aromatic carbocycles. The normalized spacial score (nSPS) is 11.7. The van der Waals surface area contributed by atoms with Crippen molar-refractivity contribution in [3.8, 4) is 0 Å². The summed E-state index contributed by atoms with van der Waals surface area (Å²) < 4.78 is 22.2. The Bertz CT molecular complexity index is 369. The molecule has 0 aromatic heterocycles. The van der Waals surface area contributed by atoms with Gasteiger partial charge in [0, 0.05) is 13.0 Å². The van der Waals surface area contributed by atoms with Crippen LogP contribution in [0.2, 0.25) is 0 Å². The summed E-state index contributed by atoms with van der Waals surface area (Å²) in [6.07, 6.45) is 2.19. The van der Waals surface area contributed by atoms with E-state index in [1.54, 1.807) is 11.9 Å². The van der Waals surface area contributed by atoms with Gasteiger partial charge in [-0.2, -0.15) is 0 Å². The quantitative estimate of drug-likeness (QED) is 0.142. The average Bonchev–Trinajstić information content (AvgIpc) is 2.23. The molecule has 23 heavy (non-hydrogen) atoms. The molecule has 0 radical (unpaired) electrons. The van der Waals surface area contributed by atoms with Crippen molar-refractivity contribution >= 4 is 15.2 Å². The van der Waals surface area contributed by atoms with Crippen molar-refractivity contribution in [1.29, 1.82) is 0 Å². The topological polar surface area (TPSA) is 170 Å². The molecule has 0 amide bonds. The van der Waals surface area contributed by atoms with Crippen LogP contribution in [-0.4, -0.2) is 60.3 Å². The van der Waals surface area contributed by atoms with E-state index in [0.29, 0.717) is 6.54 Å². The van der Waals surface area contributed by atoms with E-state index in [1.165, 1.54) is 0 Å². The first-order valence-electron chi connectivity index (χ1n) is 5.98. The monoisotopic (exact) mass is 409 g/mol. The van der Waals surface area contributed by atoms with Crippen molar-refractivity contribution < 1.29 is 132 Å². The third-order valence-corrected chi connectivity index (χ3v) is 6.78. The standard InChI is InChI=1S/C9H23NO7P2.3Na.H2O.3H/c1-3-4-5-7-10(2)8-6-9(11,18(12,13)14)19(15,16)17;;;;;;;/h11H,3-8H2,1-2H3,(H2,12,13,14)(H2,15,16,17);;;;1H2;;;/q;3*+1;;3*-1. The van der Waals surface area contributed by atoms with Gasteiger partial charge in [-0.3, -0.25) is 9.13 Å². The maximum Gasteiger partial charge on any atom is 1.00 e. The van der Waals surface area contributed by atoms with Gasteiger partial charge < -0.3 is 39.3 Å². The van der Waals surface area contributed by atoms with Gasteiger partial charge >= 0.3 is 104 Å². The van der Waals surface area contributed by atoms with E-state index in [9.17, 15) is 14.2 Å². The van der Waals surface area contributed by atoms with E-state index in [2.05, 4.69) is 0 Å². The van der Waals surface area contributed by atoms with Crippen LogP contribution in [0, 0.1) is 0 Å². The molecule has 0 unspecified atom stereocenters. The molecule has 0 heterocycles. The maximum atomic E-state index is 11.1. The first-order chi connectivity index (χ1) is 8.45. The maximum absolute atomic E-state index is 11.1. The van der Waals surface area contributed by atoms with Crippen LogP contribution in [0.1, 0.15) is 36.9 Å². The molecule has 0 aliphatic carbocycles. The molecule has 130 valence electrons. The number of unbranched alkanes of at least 4 members (excludes halogenated alkanes) is 2. The Morgan fingerprint density at radius 2 is 1.35 bits per heavy atom. The number of nitrogens with zero attached hydrogens (tertiary/aromatic N) is 1. The van der Waals surface area contributed by atoms with Crippen molar-refractivity contribution in [2.75, 3.05) is 20.1 Å². The Balaban J connectivity index is -0.0000000771. The number of rotatable bonds is 9. The van der Waals surface area contributed by atoms with Gasteiger partial charge in [0.2, 0.25) is 0 Å². The zero-order chi connectivity index (χ0) is 15.3. The van der Waals surface area contributed by atoms with Gasteiger partial charge in [-0.25, -0.2) is 0 Å². The van der Waals surface area contributed by atoms with E-state index in [1.807, 2.05) is 6.92 Å². The zero-order valence-corrected chi connectivity index (χ0v) is 22.4. The molecule has 0 aliphatic rings. The molecule has 9 nitrogen and oxygen atoms in total. The fourth-order valence-electron chi connectivity index (χ4n) is 1.55. The van der Waals surface area contributed by atoms with Gasteiger partial charge in [-0.1, -0.05) is 19.8 Å². The molecular formula is C9H28NNa3O8P2. The third kappa shape index (κ3) is 13.1. The second-order valence-electron chi connectivity index (χ2n) is 4.62. The van der Waals surface area contributed by atoms with Gasteiger partial charge in [-0.05, 0) is 20.0 Å². The Kier molecular flexibility index (Phi) is 26.0. The van der Waals surface area contributed by atoms with Crippen LogP contribution in [-0.2, 0) is 9.13 Å². The van der Waals surface area contributed by atoms with Crippen LogP contribution < -0.4 is 88.7 Å². The summed E-state index contributed by atoms with van der Waals surface area (Å²) in [4.78, 5) is 37.5. The molecule has 0 aliphatic heterocycles. The zero-order valence-electron chi connectivity index (χ0n) is 17.6. The van der Waals surface area contributed by atoms with Crippen LogP contribution in [0.4, 0.5) is 0 Å². The van der Waals surface area contributed by atoms with Crippen LogP contribution in [0.25, 0.3) is 0 Å². The summed E-state index contributed by atoms with van der Waals surface area (Å²) in [6.45, 7) is 2.64. The Hall–Kier alpha value is 3.18. The van der Waals surface area contributed by atoms with Crippen molar-refractivity contribution in [3.05, 3.63) is 0 Å². The van der Waals surface area contributed by atoms with Gasteiger partial charge in [0.1, 0.15) is 0 Å². The van der Waals surface area contributed by atoms with E-state index < -0.39 is 26.7 Å². The number of hydrogen-bond donors (Lipinski definition) is 5. The molecule has 0 bridgehead atoms. The van der Waals surface area contributed by atoms with E-state index in [4.69, 9.17) is 19.6 Å². The second kappa shape index (κ2) is 16.2. The molecular weight excluding hydrogens is 381 g/mol. The summed E-state index contributed by atoms with van der Waals surface area (Å²) in [5.41, 5.74) is 0. The van der Waals surface area contributed by atoms with E-state index in [0.717, 1.165) is 19.3 Å². The first-order valence-corrected chi connectivity index (χ1v) is 9.20. The van der Waals surface area contributed by atoms with Crippen molar-refractivity contribution in [3.63, 3.8) is 0 Å². The third-order valence-electron chi connectivity index (χ3n) is 2.91. The summed E-state index contributed by atoms with van der Waals surface area (Å²) >= 11 is 0. The predicted octanol–water partition coefficient (Wildman–Crippen LogP) is -8.98. The van der Waals surface area contributed by atoms with Crippen LogP contribution in [0.15, 0.2) is 0 Å². The van der Waals surface area contributed by atoms with Crippen LogP contribution in [0.3, 0.4) is 0 Å². The molecule has 0 fully saturated rings. The number of aliphatic hydroxyl groups is 1. The van der Waals surface area contributed by atoms with Crippen molar-refractivity contribution in [1.82, 2.24) is 4.90 Å². The summed E-state index contributed by atoms with van der Waals surface area (Å²) in [6, 6.07) is 0. The molecule has 7 N–H and O–H groups in total. The Labute approximate surface area is 207 Å². The second-order valence-corrected chi connectivity index (χ2v) is 8.63. The summed E-state index contributed by atoms with van der Waals surface area (Å²) in [5, 5.41) is 6.35. The van der Waals surface area contributed by atoms with Crippen molar-refractivity contribution in [2.24, 2.45) is 0 Å². The van der Waals surface area contributed by atoms with E-state index in [-0.39, 0.29) is 105 Å². The molecule has 0 rings (SSSR count). The van der Waals surface area contributed by atoms with Gasteiger partial charge in [0.15, 0.2) is 0 Å². The minimum atomic E-state index is -5.33. The Morgan fingerprint density at radius 3 is 1.65 bits per heavy atom. The first kappa shape index (κ1) is 37.0. The molecule has 0 atom stereocenters. The molecule has 0 aromatic rings. The van der Waals surface area contributed by atoms with Crippen molar-refractivity contribution in [2.45, 2.75) is 37.7 Å². The smallest absolute Gasteiger partial charge is 1.00 e. The SMILES string of the molecule is CCCCCN(C)CCC(O)(P(=O)(O)O)P(=O)(O)O.O.[H-].[H-].[H-].[Na+].[Na+].[Na+]. The van der Waals surface area contributed by atoms with Gasteiger partial charge in [0.05, 0.1) is 0 Å². The fourth-order valence-corrected chi connectivity index (χ4v) is 3.69. The summed E-state index contributed by atoms with van der Waals surface area (Å²) in [7, 11) is -9.00.